The second-order valence-electron chi connectivity index (χ2n) is 4.62. The monoisotopic (exact) mass is 263 g/mol. The highest BCUT2D eigenvalue weighted by Gasteiger charge is 2.12. The lowest BCUT2D eigenvalue weighted by molar-refractivity contribution is 0.153. The molecule has 1 aromatic carbocycles. The number of rotatable bonds is 6. The van der Waals surface area contributed by atoms with Crippen molar-refractivity contribution in [3.8, 4) is 0 Å². The van der Waals surface area contributed by atoms with Crippen molar-refractivity contribution in [3.05, 3.63) is 53.9 Å². The molecule has 1 heterocycles. The van der Waals surface area contributed by atoms with Crippen LogP contribution in [0.25, 0.3) is 0 Å². The molecule has 5 heteroatoms. The first-order valence-corrected chi connectivity index (χ1v) is 6.30. The molecule has 19 heavy (non-hydrogen) atoms. The van der Waals surface area contributed by atoms with Crippen LogP contribution >= 0.6 is 0 Å². The lowest BCUT2D eigenvalue weighted by Gasteiger charge is -2.17. The van der Waals surface area contributed by atoms with Crippen molar-refractivity contribution in [2.45, 2.75) is 32.0 Å². The summed E-state index contributed by atoms with van der Waals surface area (Å²) in [6, 6.07) is 6.07. The van der Waals surface area contributed by atoms with E-state index in [1.165, 1.54) is 12.1 Å². The number of aliphatic hydroxyl groups is 1. The summed E-state index contributed by atoms with van der Waals surface area (Å²) in [5.41, 5.74) is 0.730. The van der Waals surface area contributed by atoms with E-state index in [4.69, 9.17) is 0 Å². The van der Waals surface area contributed by atoms with E-state index in [1.807, 2.05) is 6.92 Å². The molecule has 102 valence electrons. The van der Waals surface area contributed by atoms with Crippen molar-refractivity contribution in [1.82, 2.24) is 15.3 Å². The molecule has 0 aliphatic rings. The van der Waals surface area contributed by atoms with Crippen LogP contribution in [0.2, 0.25) is 0 Å². The van der Waals surface area contributed by atoms with Crippen LogP contribution in [0, 0.1) is 5.82 Å². The van der Waals surface area contributed by atoms with Crippen LogP contribution in [0.5, 0.6) is 0 Å². The van der Waals surface area contributed by atoms with E-state index in [2.05, 4.69) is 15.3 Å². The fourth-order valence-electron chi connectivity index (χ4n) is 1.90. The normalized spacial score (nSPS) is 14.3. The molecule has 4 nitrogen and oxygen atoms in total. The van der Waals surface area contributed by atoms with Crippen molar-refractivity contribution in [3.63, 3.8) is 0 Å². The zero-order valence-electron chi connectivity index (χ0n) is 10.8. The van der Waals surface area contributed by atoms with Crippen LogP contribution in [0.1, 0.15) is 30.8 Å². The molecule has 0 fully saturated rings. The Balaban J connectivity index is 1.81. The summed E-state index contributed by atoms with van der Waals surface area (Å²) >= 11 is 0. The van der Waals surface area contributed by atoms with Gasteiger partial charge in [0.05, 0.1) is 12.6 Å². The summed E-state index contributed by atoms with van der Waals surface area (Å²) < 4.78 is 12.8. The summed E-state index contributed by atoms with van der Waals surface area (Å²) in [4.78, 5) is 7.12. The quantitative estimate of drug-likeness (QED) is 0.748. The van der Waals surface area contributed by atoms with Crippen molar-refractivity contribution >= 4 is 0 Å². The summed E-state index contributed by atoms with van der Waals surface area (Å²) in [6.07, 6.45) is 3.44. The Kier molecular flexibility index (Phi) is 4.65. The van der Waals surface area contributed by atoms with Crippen LogP contribution in [-0.4, -0.2) is 21.1 Å². The Bertz CT molecular complexity index is 484. The minimum atomic E-state index is -0.597. The molecule has 1 aromatic heterocycles. The second kappa shape index (κ2) is 6.45. The molecule has 2 atom stereocenters. The molecule has 0 aliphatic heterocycles. The zero-order valence-corrected chi connectivity index (χ0v) is 10.8. The highest BCUT2D eigenvalue weighted by molar-refractivity contribution is 5.18. The average Bonchev–Trinajstić information content (AvgIpc) is 2.90. The summed E-state index contributed by atoms with van der Waals surface area (Å²) in [7, 11) is 0. The van der Waals surface area contributed by atoms with Gasteiger partial charge in [-0.3, -0.25) is 0 Å². The van der Waals surface area contributed by atoms with Crippen LogP contribution in [0.15, 0.2) is 36.7 Å². The van der Waals surface area contributed by atoms with Crippen molar-refractivity contribution < 1.29 is 9.50 Å². The van der Waals surface area contributed by atoms with E-state index in [0.717, 1.165) is 11.4 Å². The first-order valence-electron chi connectivity index (χ1n) is 6.30. The van der Waals surface area contributed by atoms with Gasteiger partial charge in [0.2, 0.25) is 0 Å². The van der Waals surface area contributed by atoms with E-state index >= 15 is 0 Å². The van der Waals surface area contributed by atoms with Gasteiger partial charge in [-0.1, -0.05) is 12.1 Å². The summed E-state index contributed by atoms with van der Waals surface area (Å²) in [5, 5.41) is 13.3. The van der Waals surface area contributed by atoms with E-state index < -0.39 is 6.10 Å². The standard InChI is InChI=1S/C14H18FN3O/c1-10(18-9-14-16-6-7-17-14)8-13(19)11-2-4-12(15)5-3-11/h2-7,10,13,18-19H,8-9H2,1H3,(H,16,17)/t10-,13+/m0/s1. The number of aromatic amines is 1. The zero-order chi connectivity index (χ0) is 13.7. The second-order valence-corrected chi connectivity index (χ2v) is 4.62. The number of halogens is 1. The Morgan fingerprint density at radius 1 is 1.37 bits per heavy atom. The number of nitrogens with one attached hydrogen (secondary N) is 2. The molecule has 3 N–H and O–H groups in total. The van der Waals surface area contributed by atoms with Gasteiger partial charge in [-0.2, -0.15) is 0 Å². The first kappa shape index (κ1) is 13.7. The molecule has 0 aliphatic carbocycles. The van der Waals surface area contributed by atoms with E-state index in [9.17, 15) is 9.50 Å². The minimum absolute atomic E-state index is 0.130. The number of benzene rings is 1. The third-order valence-electron chi connectivity index (χ3n) is 3.00. The number of aliphatic hydroxyl groups excluding tert-OH is 1. The lowest BCUT2D eigenvalue weighted by atomic mass is 10.0. The smallest absolute Gasteiger partial charge is 0.123 e. The molecular weight excluding hydrogens is 245 g/mol. The predicted molar refractivity (Wildman–Crippen MR) is 70.9 cm³/mol. The highest BCUT2D eigenvalue weighted by atomic mass is 19.1. The van der Waals surface area contributed by atoms with Crippen molar-refractivity contribution in [2.24, 2.45) is 0 Å². The number of hydrogen-bond donors (Lipinski definition) is 3. The molecule has 0 amide bonds. The lowest BCUT2D eigenvalue weighted by Crippen LogP contribution is -2.27. The number of imidazole rings is 1. The van der Waals surface area contributed by atoms with E-state index in [0.29, 0.717) is 13.0 Å². The Labute approximate surface area is 111 Å². The molecule has 0 saturated heterocycles. The van der Waals surface area contributed by atoms with Gasteiger partial charge in [0.1, 0.15) is 11.6 Å². The van der Waals surface area contributed by atoms with E-state index in [1.54, 1.807) is 24.5 Å². The average molecular weight is 263 g/mol. The van der Waals surface area contributed by atoms with Crippen LogP contribution in [-0.2, 0) is 6.54 Å². The van der Waals surface area contributed by atoms with E-state index in [-0.39, 0.29) is 11.9 Å². The van der Waals surface area contributed by atoms with Gasteiger partial charge in [0, 0.05) is 18.4 Å². The Hall–Kier alpha value is -1.72. The number of hydrogen-bond acceptors (Lipinski definition) is 3. The van der Waals surface area contributed by atoms with Crippen LogP contribution < -0.4 is 5.32 Å². The Morgan fingerprint density at radius 3 is 2.74 bits per heavy atom. The fourth-order valence-corrected chi connectivity index (χ4v) is 1.90. The van der Waals surface area contributed by atoms with Crippen molar-refractivity contribution in [2.75, 3.05) is 0 Å². The van der Waals surface area contributed by atoms with Gasteiger partial charge in [-0.25, -0.2) is 9.37 Å². The van der Waals surface area contributed by atoms with Gasteiger partial charge in [0.15, 0.2) is 0 Å². The molecule has 0 unspecified atom stereocenters. The van der Waals surface area contributed by atoms with Crippen molar-refractivity contribution in [1.29, 1.82) is 0 Å². The fraction of sp³-hybridized carbons (Fsp3) is 0.357. The number of H-pyrrole nitrogens is 1. The topological polar surface area (TPSA) is 60.9 Å². The maximum atomic E-state index is 12.8. The van der Waals surface area contributed by atoms with Crippen LogP contribution in [0.4, 0.5) is 4.39 Å². The van der Waals surface area contributed by atoms with Gasteiger partial charge in [-0.05, 0) is 31.0 Å². The maximum absolute atomic E-state index is 12.8. The SMILES string of the molecule is C[C@@H](C[C@@H](O)c1ccc(F)cc1)NCc1ncc[nH]1. The minimum Gasteiger partial charge on any atom is -0.388 e. The summed E-state index contributed by atoms with van der Waals surface area (Å²) in [6.45, 7) is 2.62. The van der Waals surface area contributed by atoms with Gasteiger partial charge < -0.3 is 15.4 Å². The van der Waals surface area contributed by atoms with Crippen LogP contribution in [0.3, 0.4) is 0 Å². The molecule has 0 saturated carbocycles. The summed E-state index contributed by atoms with van der Waals surface area (Å²) in [5.74, 6) is 0.572. The highest BCUT2D eigenvalue weighted by Crippen LogP contribution is 2.18. The third-order valence-corrected chi connectivity index (χ3v) is 3.00. The number of nitrogens with zero attached hydrogens (tertiary/aromatic N) is 1. The molecule has 0 bridgehead atoms. The molecule has 2 aromatic rings. The molecule has 0 spiro atoms. The first-order chi connectivity index (χ1) is 9.15. The largest absolute Gasteiger partial charge is 0.388 e. The Morgan fingerprint density at radius 2 is 2.11 bits per heavy atom. The van der Waals surface area contributed by atoms with Gasteiger partial charge in [0.25, 0.3) is 0 Å². The maximum Gasteiger partial charge on any atom is 0.123 e. The third kappa shape index (κ3) is 4.15. The number of aromatic nitrogens is 2. The molecular formula is C14H18FN3O. The molecule has 2 rings (SSSR count). The molecule has 0 radical (unpaired) electrons. The predicted octanol–water partition coefficient (Wildman–Crippen LogP) is 2.15. The van der Waals surface area contributed by atoms with Gasteiger partial charge in [-0.15, -0.1) is 0 Å². The van der Waals surface area contributed by atoms with Gasteiger partial charge >= 0.3 is 0 Å².